The number of piperidine rings is 1. The first-order valence-electron chi connectivity index (χ1n) is 17.5. The molecule has 1 fully saturated rings. The lowest BCUT2D eigenvalue weighted by Gasteiger charge is -2.30. The number of hydrogen-bond donors (Lipinski definition) is 3. The molecule has 1 aliphatic heterocycles. The summed E-state index contributed by atoms with van der Waals surface area (Å²) in [7, 11) is 1.45. The van der Waals surface area contributed by atoms with Crippen molar-refractivity contribution >= 4 is 33.3 Å². The highest BCUT2D eigenvalue weighted by Crippen LogP contribution is 2.27. The number of H-pyrrole nitrogens is 3. The van der Waals surface area contributed by atoms with Gasteiger partial charge in [-0.3, -0.25) is 14.5 Å². The Morgan fingerprint density at radius 2 is 1.66 bits per heavy atom. The number of likely N-dealkylation sites (tertiary alicyclic amines) is 1. The molecule has 264 valence electrons. The second-order valence-corrected chi connectivity index (χ2v) is 12.5. The number of fused-ring (bicyclic) bond motifs is 2. The average molecular weight is 677 g/mol. The summed E-state index contributed by atoms with van der Waals surface area (Å²) in [5.41, 5.74) is 9.27. The molecular formula is C42H52N4O4. The Morgan fingerprint density at radius 1 is 0.940 bits per heavy atom. The summed E-state index contributed by atoms with van der Waals surface area (Å²) in [6, 6.07) is 19.8. The largest absolute Gasteiger partial charge is 0.492 e. The van der Waals surface area contributed by atoms with E-state index in [2.05, 4.69) is 66.3 Å². The Hall–Kier alpha value is -5.08. The van der Waals surface area contributed by atoms with E-state index in [-0.39, 0.29) is 17.4 Å². The molecule has 8 nitrogen and oxygen atoms in total. The zero-order valence-corrected chi connectivity index (χ0v) is 30.6. The fourth-order valence-electron chi connectivity index (χ4n) is 6.07. The lowest BCUT2D eigenvalue weighted by atomic mass is 9.97. The van der Waals surface area contributed by atoms with Crippen molar-refractivity contribution in [2.75, 3.05) is 33.4 Å². The molecule has 2 aromatic carbocycles. The fraction of sp³-hybridized carbons (Fsp3) is 0.333. The molecule has 0 unspecified atom stereocenters. The average Bonchev–Trinajstić information content (AvgIpc) is 3.71. The van der Waals surface area contributed by atoms with Gasteiger partial charge in [0.05, 0.1) is 24.3 Å². The van der Waals surface area contributed by atoms with Crippen LogP contribution < -0.4 is 10.3 Å². The maximum absolute atomic E-state index is 12.6. The number of nitrogens with one attached hydrogen (secondary N) is 3. The van der Waals surface area contributed by atoms with Crippen LogP contribution in [0.1, 0.15) is 57.5 Å². The van der Waals surface area contributed by atoms with E-state index < -0.39 is 0 Å². The third kappa shape index (κ3) is 9.76. The predicted octanol–water partition coefficient (Wildman–Crippen LogP) is 9.13. The molecule has 0 bridgehead atoms. The van der Waals surface area contributed by atoms with Crippen molar-refractivity contribution in [2.45, 2.75) is 54.4 Å². The predicted molar refractivity (Wildman–Crippen MR) is 208 cm³/mol. The first-order chi connectivity index (χ1) is 24.1. The second kappa shape index (κ2) is 18.1. The summed E-state index contributed by atoms with van der Waals surface area (Å²) in [4.78, 5) is 36.3. The number of pyridine rings is 1. The molecule has 4 heterocycles. The number of ether oxygens (including phenoxy) is 2. The quantitative estimate of drug-likeness (QED) is 0.107. The monoisotopic (exact) mass is 676 g/mol. The van der Waals surface area contributed by atoms with E-state index in [1.54, 1.807) is 0 Å². The van der Waals surface area contributed by atoms with Crippen LogP contribution in [0.4, 0.5) is 0 Å². The Labute approximate surface area is 295 Å². The number of benzene rings is 2. The number of carbonyl (C=O) groups excluding carboxylic acids is 1. The van der Waals surface area contributed by atoms with Crippen LogP contribution in [0.25, 0.3) is 38.6 Å². The number of carbonyl (C=O) groups is 1. The zero-order chi connectivity index (χ0) is 36.2. The van der Waals surface area contributed by atoms with Crippen LogP contribution in [0, 0.1) is 19.8 Å². The maximum atomic E-state index is 12.6. The maximum Gasteiger partial charge on any atom is 0.308 e. The van der Waals surface area contributed by atoms with E-state index >= 15 is 0 Å². The molecule has 6 rings (SSSR count). The molecule has 0 spiro atoms. The Balaban J connectivity index is 0.000000278. The third-order valence-electron chi connectivity index (χ3n) is 8.96. The number of allylic oxidation sites excluding steroid dienone is 5. The number of hydrogen-bond acceptors (Lipinski definition) is 5. The van der Waals surface area contributed by atoms with Crippen LogP contribution >= 0.6 is 0 Å². The SMILES string of the molecule is C=C/C=C(C)/C=C(\C)c1cc(C)c(C)[nH]1.CC.COC(=O)C1CCN(CCOc2ccc3[nH]c(-c4cc5ccccc5[nH]c4=O)cc3c2)CC1. The number of methoxy groups -OCH3 is 1. The number of para-hydroxylation sites is 1. The van der Waals surface area contributed by atoms with Gasteiger partial charge >= 0.3 is 5.97 Å². The van der Waals surface area contributed by atoms with Gasteiger partial charge in [-0.2, -0.15) is 0 Å². The smallest absolute Gasteiger partial charge is 0.308 e. The first-order valence-corrected chi connectivity index (χ1v) is 17.5. The van der Waals surface area contributed by atoms with Gasteiger partial charge in [0.15, 0.2) is 0 Å². The topological polar surface area (TPSA) is 103 Å². The Bertz CT molecular complexity index is 2000. The molecule has 0 aliphatic carbocycles. The van der Waals surface area contributed by atoms with Gasteiger partial charge in [-0.05, 0) is 113 Å². The molecule has 3 aromatic heterocycles. The van der Waals surface area contributed by atoms with Gasteiger partial charge in [-0.25, -0.2) is 0 Å². The normalized spacial score (nSPS) is 14.1. The lowest BCUT2D eigenvalue weighted by Crippen LogP contribution is -2.38. The highest BCUT2D eigenvalue weighted by atomic mass is 16.5. The van der Waals surface area contributed by atoms with Gasteiger partial charge in [0.2, 0.25) is 0 Å². The van der Waals surface area contributed by atoms with Gasteiger partial charge < -0.3 is 24.4 Å². The van der Waals surface area contributed by atoms with Gasteiger partial charge in [0.25, 0.3) is 5.56 Å². The fourth-order valence-corrected chi connectivity index (χ4v) is 6.07. The van der Waals surface area contributed by atoms with Crippen molar-refractivity contribution < 1.29 is 14.3 Å². The Morgan fingerprint density at radius 3 is 2.34 bits per heavy atom. The van der Waals surface area contributed by atoms with Crippen molar-refractivity contribution in [3.8, 4) is 17.0 Å². The molecule has 0 amide bonds. The number of aromatic nitrogens is 3. The van der Waals surface area contributed by atoms with Gasteiger partial charge in [-0.1, -0.05) is 62.4 Å². The van der Waals surface area contributed by atoms with Crippen LogP contribution in [-0.2, 0) is 9.53 Å². The van der Waals surface area contributed by atoms with Crippen LogP contribution in [0.5, 0.6) is 5.75 Å². The van der Waals surface area contributed by atoms with Crippen molar-refractivity contribution in [2.24, 2.45) is 5.92 Å². The molecular weight excluding hydrogens is 624 g/mol. The van der Waals surface area contributed by atoms with Crippen molar-refractivity contribution in [3.63, 3.8) is 0 Å². The molecule has 1 saturated heterocycles. The highest BCUT2D eigenvalue weighted by molar-refractivity contribution is 5.89. The number of aromatic amines is 3. The summed E-state index contributed by atoms with van der Waals surface area (Å²) in [6.07, 6.45) is 7.64. The van der Waals surface area contributed by atoms with Gasteiger partial charge in [0, 0.05) is 34.4 Å². The van der Waals surface area contributed by atoms with E-state index in [1.165, 1.54) is 35.2 Å². The minimum atomic E-state index is -0.118. The van der Waals surface area contributed by atoms with Crippen molar-refractivity contribution in [1.82, 2.24) is 19.9 Å². The van der Waals surface area contributed by atoms with E-state index in [0.29, 0.717) is 12.2 Å². The molecule has 0 radical (unpaired) electrons. The molecule has 1 aliphatic rings. The highest BCUT2D eigenvalue weighted by Gasteiger charge is 2.25. The van der Waals surface area contributed by atoms with E-state index in [9.17, 15) is 9.59 Å². The summed E-state index contributed by atoms with van der Waals surface area (Å²) >= 11 is 0. The lowest BCUT2D eigenvalue weighted by molar-refractivity contribution is -0.147. The zero-order valence-electron chi connectivity index (χ0n) is 30.6. The molecule has 0 atom stereocenters. The van der Waals surface area contributed by atoms with E-state index in [0.717, 1.165) is 65.7 Å². The summed E-state index contributed by atoms with van der Waals surface area (Å²) in [5, 5.41) is 1.99. The van der Waals surface area contributed by atoms with Crippen LogP contribution in [-0.4, -0.2) is 59.2 Å². The van der Waals surface area contributed by atoms with Gasteiger partial charge in [0.1, 0.15) is 12.4 Å². The minimum Gasteiger partial charge on any atom is -0.492 e. The number of aryl methyl sites for hydroxylation is 2. The van der Waals surface area contributed by atoms with E-state index in [1.807, 2.05) is 80.6 Å². The number of rotatable bonds is 9. The summed E-state index contributed by atoms with van der Waals surface area (Å²) in [5.74, 6) is 0.716. The first kappa shape index (κ1) is 37.7. The molecule has 3 N–H and O–H groups in total. The molecule has 50 heavy (non-hydrogen) atoms. The standard InChI is InChI=1S/C26H27N3O4.C14H19N.C2H6/c1-32-26(31)17-8-10-29(11-9-17)12-13-33-20-6-7-23-19(14-20)16-24(27-23)21-15-18-4-2-3-5-22(18)28-25(21)30;1-6-7-10(2)8-12(4)14-9-11(3)13(5)15-14;1-2/h2-7,14-17,27H,8-13H2,1H3,(H,28,30);6-9,15H,1H2,2-5H3;1-2H3/b;10-7+,12-8+;. The second-order valence-electron chi connectivity index (χ2n) is 12.5. The van der Waals surface area contributed by atoms with Gasteiger partial charge in [-0.15, -0.1) is 0 Å². The van der Waals surface area contributed by atoms with Crippen molar-refractivity contribution in [1.29, 1.82) is 0 Å². The van der Waals surface area contributed by atoms with Crippen LogP contribution in [0.2, 0.25) is 0 Å². The third-order valence-corrected chi connectivity index (χ3v) is 8.96. The van der Waals surface area contributed by atoms with Crippen LogP contribution in [0.3, 0.4) is 0 Å². The Kier molecular flexibility index (Phi) is 13.6. The summed E-state index contributed by atoms with van der Waals surface area (Å²) < 4.78 is 10.8. The van der Waals surface area contributed by atoms with Crippen molar-refractivity contribution in [3.05, 3.63) is 118 Å². The number of nitrogens with zero attached hydrogens (tertiary/aromatic N) is 1. The minimum absolute atomic E-state index is 0.0206. The molecule has 0 saturated carbocycles. The van der Waals surface area contributed by atoms with Crippen LogP contribution in [0.15, 0.2) is 95.8 Å². The van der Waals surface area contributed by atoms with E-state index in [4.69, 9.17) is 9.47 Å². The number of esters is 1. The molecule has 5 aromatic rings. The summed E-state index contributed by atoms with van der Waals surface area (Å²) in [6.45, 7) is 19.2. The molecule has 8 heteroatoms.